The van der Waals surface area contributed by atoms with Gasteiger partial charge in [-0.15, -0.1) is 34.0 Å². The molecule has 5 saturated heterocycles. The van der Waals surface area contributed by atoms with Gasteiger partial charge < -0.3 is 43.5 Å². The zero-order valence-corrected chi connectivity index (χ0v) is 92.0. The monoisotopic (exact) mass is 2120 g/mol. The summed E-state index contributed by atoms with van der Waals surface area (Å²) in [6.45, 7) is 39.7. The number of halogens is 3. The van der Waals surface area contributed by atoms with Gasteiger partial charge in [0.25, 0.3) is 0 Å². The molecule has 2 amide bonds. The average molecular weight is 2120 g/mol. The lowest BCUT2D eigenvalue weighted by atomic mass is 9.87. The Balaban J connectivity index is 0.000000140. The van der Waals surface area contributed by atoms with Crippen molar-refractivity contribution in [2.75, 3.05) is 78.7 Å². The molecule has 1 saturated carbocycles. The summed E-state index contributed by atoms with van der Waals surface area (Å²) >= 11 is 23.4. The number of aryl methyl sites for hydroxylation is 6. The van der Waals surface area contributed by atoms with Gasteiger partial charge in [-0.2, -0.15) is 15.3 Å². The fraction of sp³-hybridized carbons (Fsp3) is 0.468. The van der Waals surface area contributed by atoms with Crippen LogP contribution in [0.4, 0.5) is 0 Å². The van der Waals surface area contributed by atoms with E-state index in [-0.39, 0.29) is 36.9 Å². The van der Waals surface area contributed by atoms with Gasteiger partial charge in [0.05, 0.1) is 96.3 Å². The molecule has 776 valence electrons. The SMILES string of the molecule is CC(=O)N1CC(N2CCC(c3nn(C)c4ncc(-c5nc6cc(C)c([C@H](OC(C)(C)C)C(=O)O)c(-c7ccc(Cl)cc7)c6s5)nc34)CC2)C1.CCOC(=O)[C@@H](OC(C)(C)C)c1c(C)cc2nc(-c3cnc4c(n3)c(C3CCN(C5CCC5)CC3)nn4C)sc2c1-c1ccc(Cl)cc1.CCOC(=O)[C@@H](OC(C)(C)C)c1c(C)cc2nc(-c3cnc4c(n3)c(C3CCN(C5CN(C(C)=O)C5)CC3)nn4C)sc2c1-c1ccc(Cl)cc1. The number of hydrogen-bond donors (Lipinski definition) is 1. The van der Waals surface area contributed by atoms with Crippen LogP contribution in [0.3, 0.4) is 0 Å². The first kappa shape index (κ1) is 105. The minimum Gasteiger partial charge on any atom is -0.479 e. The summed E-state index contributed by atoms with van der Waals surface area (Å²) < 4.78 is 38.3. The zero-order valence-electron chi connectivity index (χ0n) is 87.3. The van der Waals surface area contributed by atoms with Crippen LogP contribution in [0.1, 0.15) is 234 Å². The van der Waals surface area contributed by atoms with Crippen molar-refractivity contribution in [3.05, 3.63) is 175 Å². The lowest BCUT2D eigenvalue weighted by Gasteiger charge is -2.47. The van der Waals surface area contributed by atoms with Crippen molar-refractivity contribution < 1.29 is 52.8 Å². The molecule has 6 aromatic carbocycles. The molecule has 14 heterocycles. The van der Waals surface area contributed by atoms with Crippen molar-refractivity contribution in [3.8, 4) is 65.5 Å². The Bertz CT molecular complexity index is 7550. The molecule has 9 aromatic heterocycles. The number of carbonyl (C=O) groups is 5. The number of hydrogen-bond acceptors (Lipinski definition) is 28. The van der Waals surface area contributed by atoms with Crippen LogP contribution in [-0.4, -0.2) is 247 Å². The Morgan fingerprint density at radius 3 is 0.939 bits per heavy atom. The van der Waals surface area contributed by atoms with E-state index in [9.17, 15) is 29.1 Å². The van der Waals surface area contributed by atoms with Crippen molar-refractivity contribution in [3.63, 3.8) is 0 Å². The molecule has 1 N–H and O–H groups in total. The van der Waals surface area contributed by atoms with Crippen LogP contribution in [0.2, 0.25) is 15.1 Å². The highest BCUT2D eigenvalue weighted by atomic mass is 35.5. The second-order valence-electron chi connectivity index (χ2n) is 42.7. The first-order valence-electron chi connectivity index (χ1n) is 51.1. The van der Waals surface area contributed by atoms with Gasteiger partial charge in [-0.1, -0.05) is 77.6 Å². The summed E-state index contributed by atoms with van der Waals surface area (Å²) in [5.74, 6) is -0.760. The van der Waals surface area contributed by atoms with Gasteiger partial charge in [0.2, 0.25) is 11.8 Å². The van der Waals surface area contributed by atoms with Gasteiger partial charge in [0.15, 0.2) is 35.3 Å². The fourth-order valence-electron chi connectivity index (χ4n) is 21.4. The number of amides is 2. The van der Waals surface area contributed by atoms with E-state index in [0.717, 1.165) is 262 Å². The van der Waals surface area contributed by atoms with Crippen LogP contribution < -0.4 is 0 Å². The molecular formula is C111H127Cl3N20O11S3. The summed E-state index contributed by atoms with van der Waals surface area (Å²) in [7, 11) is 5.77. The molecule has 1 aliphatic carbocycles. The maximum absolute atomic E-state index is 13.5. The number of fused-ring (bicyclic) bond motifs is 6. The second-order valence-corrected chi connectivity index (χ2v) is 47.0. The number of carboxylic acids is 1. The minimum atomic E-state index is -1.20. The molecule has 5 aliphatic heterocycles. The topological polar surface area (TPSA) is 337 Å². The van der Waals surface area contributed by atoms with E-state index >= 15 is 0 Å². The second kappa shape index (κ2) is 42.8. The number of esters is 2. The summed E-state index contributed by atoms with van der Waals surface area (Å²) in [6.07, 6.45) is 12.3. The van der Waals surface area contributed by atoms with Gasteiger partial charge in [-0.25, -0.2) is 73.3 Å². The Hall–Kier alpha value is -11.4. The molecule has 6 aliphatic rings. The number of aliphatic carboxylic acids is 1. The number of likely N-dealkylation sites (tertiary alicyclic amines) is 5. The summed E-state index contributed by atoms with van der Waals surface area (Å²) in [5, 5.41) is 29.2. The normalized spacial score (nSPS) is 17.1. The van der Waals surface area contributed by atoms with Crippen LogP contribution in [0.15, 0.2) is 110 Å². The number of rotatable bonds is 23. The Kier molecular flexibility index (Phi) is 30.4. The van der Waals surface area contributed by atoms with Crippen LogP contribution in [-0.2, 0) is 68.8 Å². The molecule has 31 nitrogen and oxygen atoms in total. The molecule has 0 spiro atoms. The fourth-order valence-corrected chi connectivity index (χ4v) is 25.0. The summed E-state index contributed by atoms with van der Waals surface area (Å²) in [4.78, 5) is 120. The number of nitrogens with zero attached hydrogens (tertiary/aromatic N) is 20. The van der Waals surface area contributed by atoms with Crippen LogP contribution in [0.25, 0.3) is 130 Å². The predicted octanol–water partition coefficient (Wildman–Crippen LogP) is 22.1. The lowest BCUT2D eigenvalue weighted by molar-refractivity contribution is -0.167. The molecule has 0 unspecified atom stereocenters. The van der Waals surface area contributed by atoms with Gasteiger partial charge >= 0.3 is 17.9 Å². The Morgan fingerprint density at radius 2 is 0.682 bits per heavy atom. The van der Waals surface area contributed by atoms with Crippen molar-refractivity contribution >= 4 is 163 Å². The molecule has 15 aromatic rings. The average Bonchev–Trinajstić information content (AvgIpc) is 1.29. The molecular weight excluding hydrogens is 1990 g/mol. The van der Waals surface area contributed by atoms with E-state index in [1.165, 1.54) is 41.9 Å². The van der Waals surface area contributed by atoms with E-state index < -0.39 is 53.0 Å². The number of aromatic nitrogens is 15. The molecule has 37 heteroatoms. The largest absolute Gasteiger partial charge is 0.479 e. The van der Waals surface area contributed by atoms with Crippen molar-refractivity contribution in [2.24, 2.45) is 21.1 Å². The number of piperidine rings is 3. The summed E-state index contributed by atoms with van der Waals surface area (Å²) in [6, 6.07) is 30.3. The molecule has 0 radical (unpaired) electrons. The Labute approximate surface area is 887 Å². The number of carbonyl (C=O) groups excluding carboxylic acids is 4. The van der Waals surface area contributed by atoms with Gasteiger partial charge in [-0.05, 0) is 276 Å². The maximum atomic E-state index is 13.5. The highest BCUT2D eigenvalue weighted by molar-refractivity contribution is 7.23. The third-order valence-electron chi connectivity index (χ3n) is 28.9. The van der Waals surface area contributed by atoms with Crippen LogP contribution in [0, 0.1) is 20.8 Å². The number of thiazole rings is 3. The molecule has 3 atom stereocenters. The highest BCUT2D eigenvalue weighted by Crippen LogP contribution is 2.51. The van der Waals surface area contributed by atoms with Crippen molar-refractivity contribution in [1.29, 1.82) is 0 Å². The quantitative estimate of drug-likeness (QED) is 0.0581. The number of ether oxygens (including phenoxy) is 5. The molecule has 21 rings (SSSR count). The first-order chi connectivity index (χ1) is 70.6. The number of benzene rings is 6. The van der Waals surface area contributed by atoms with Gasteiger partial charge in [0.1, 0.15) is 48.7 Å². The third kappa shape index (κ3) is 22.0. The molecule has 0 bridgehead atoms. The minimum absolute atomic E-state index is 0.143. The highest BCUT2D eigenvalue weighted by Gasteiger charge is 2.43. The third-order valence-corrected chi connectivity index (χ3v) is 33.0. The van der Waals surface area contributed by atoms with Crippen LogP contribution in [0.5, 0.6) is 0 Å². The maximum Gasteiger partial charge on any atom is 0.339 e. The van der Waals surface area contributed by atoms with E-state index in [2.05, 4.69) is 14.7 Å². The lowest BCUT2D eigenvalue weighted by Crippen LogP contribution is -2.61. The van der Waals surface area contributed by atoms with E-state index in [1.54, 1.807) is 74.4 Å². The van der Waals surface area contributed by atoms with E-state index in [1.807, 2.05) is 202 Å². The smallest absolute Gasteiger partial charge is 0.339 e. The zero-order chi connectivity index (χ0) is 105. The Morgan fingerprint density at radius 1 is 0.405 bits per heavy atom. The summed E-state index contributed by atoms with van der Waals surface area (Å²) in [5.41, 5.74) is 19.8. The number of carboxylic acid groups (broad SMARTS) is 1. The van der Waals surface area contributed by atoms with Crippen molar-refractivity contribution in [1.82, 2.24) is 98.7 Å². The van der Waals surface area contributed by atoms with Gasteiger partial charge in [0, 0.05) is 145 Å². The standard InChI is InChI=1S/C38H44ClN7O4S.C37H43ClN6O3S.C36H40ClN7O4S/c1-8-49-37(48)33(50-38(4,5)6)29-21(2)17-27-34(30(29)23-9-11-25(39)12-10-23)51-36(42-27)28-18-40-35-32(41-28)31(43-44(35)7)24-13-15-45(16-14-24)26-19-46(20-26)22(3)47;1-7-46-36(45)32(47-37(3,4)5)28-21(2)19-26-33(29(28)22-11-13-24(38)14-12-22)48-35(41-26)27-20-39-34-31(40-27)30(42-43(34)6)23-15-17-44(18-16-23)25-9-8-10-25;1-19-15-25-32(28(21-7-9-23(37)10-8-21)27(19)31(35(46)47)48-36(3,4)5)49-34(40-25)26-16-38-33-30(39-26)29(41-42(33)6)22-11-13-43(14-12-22)24-17-44(18-24)20(2)45/h9-12,17-18,24,26,33H,8,13-16,19-20H2,1-7H3;11-14,19-20,23,25,32H,7-10,15-18H2,1-6H3;7-10,15-16,22,24,31H,11-14,17-18H2,1-6H3,(H,46,47)/t33-;32-;31-/m000/s1. The molecule has 148 heavy (non-hydrogen) atoms. The van der Waals surface area contributed by atoms with Gasteiger partial charge in [-0.3, -0.25) is 19.4 Å². The van der Waals surface area contributed by atoms with E-state index in [4.69, 9.17) is 119 Å². The molecule has 6 fully saturated rings. The van der Waals surface area contributed by atoms with Crippen LogP contribution >= 0.6 is 68.8 Å². The van der Waals surface area contributed by atoms with E-state index in [0.29, 0.717) is 60.7 Å². The first-order valence-corrected chi connectivity index (χ1v) is 54.7. The predicted molar refractivity (Wildman–Crippen MR) is 582 cm³/mol. The van der Waals surface area contributed by atoms with Crippen molar-refractivity contribution in [2.45, 2.75) is 240 Å².